The van der Waals surface area contributed by atoms with Crippen molar-refractivity contribution in [3.63, 3.8) is 0 Å². The quantitative estimate of drug-likeness (QED) is 0.533. The van der Waals surface area contributed by atoms with Crippen LogP contribution in [0.3, 0.4) is 0 Å². The molecule has 1 amide bonds. The zero-order valence-corrected chi connectivity index (χ0v) is 12.1. The first-order chi connectivity index (χ1) is 9.01. The number of nitrogens with one attached hydrogen (secondary N) is 1. The van der Waals surface area contributed by atoms with Gasteiger partial charge in [0.1, 0.15) is 12.9 Å². The lowest BCUT2D eigenvalue weighted by atomic mass is 9.80. The van der Waals surface area contributed by atoms with Gasteiger partial charge in [-0.05, 0) is 11.8 Å². The van der Waals surface area contributed by atoms with Crippen LogP contribution in [0.4, 0.5) is 0 Å². The standard InChI is InChI=1S/C13H25NO5/c1-8-9(2)13(14-10(3)16)12(6-18-7-17-4)19-11(8)5-15/h8-9,11-13,15H,5-7H2,1-4H3,(H,14,16)/t8-,9+,11-,12+,13-/m1/s1. The maximum Gasteiger partial charge on any atom is 0.217 e. The molecule has 0 radical (unpaired) electrons. The summed E-state index contributed by atoms with van der Waals surface area (Å²) in [6, 6.07) is -0.118. The molecule has 112 valence electrons. The number of ether oxygens (including phenoxy) is 3. The molecule has 0 spiro atoms. The summed E-state index contributed by atoms with van der Waals surface area (Å²) >= 11 is 0. The van der Waals surface area contributed by atoms with Crippen molar-refractivity contribution in [1.29, 1.82) is 0 Å². The van der Waals surface area contributed by atoms with Gasteiger partial charge in [0.25, 0.3) is 0 Å². The van der Waals surface area contributed by atoms with Crippen molar-refractivity contribution in [1.82, 2.24) is 5.32 Å². The van der Waals surface area contributed by atoms with Crippen LogP contribution in [-0.4, -0.2) is 56.4 Å². The number of hydrogen-bond donors (Lipinski definition) is 2. The van der Waals surface area contributed by atoms with Crippen LogP contribution in [0.1, 0.15) is 20.8 Å². The Labute approximate surface area is 114 Å². The summed E-state index contributed by atoms with van der Waals surface area (Å²) in [4.78, 5) is 11.3. The van der Waals surface area contributed by atoms with E-state index in [-0.39, 0.29) is 49.4 Å². The van der Waals surface area contributed by atoms with Gasteiger partial charge in [0, 0.05) is 14.0 Å². The van der Waals surface area contributed by atoms with E-state index in [1.807, 2.05) is 6.92 Å². The Kier molecular flexibility index (Phi) is 6.71. The van der Waals surface area contributed by atoms with Crippen LogP contribution in [0.2, 0.25) is 0 Å². The van der Waals surface area contributed by atoms with E-state index in [9.17, 15) is 9.90 Å². The molecule has 2 N–H and O–H groups in total. The highest BCUT2D eigenvalue weighted by Gasteiger charge is 2.41. The van der Waals surface area contributed by atoms with E-state index in [1.54, 1.807) is 7.11 Å². The molecule has 6 heteroatoms. The van der Waals surface area contributed by atoms with Gasteiger partial charge >= 0.3 is 0 Å². The van der Waals surface area contributed by atoms with Crippen LogP contribution in [0.25, 0.3) is 0 Å². The average Bonchev–Trinajstić information content (AvgIpc) is 2.37. The fourth-order valence-corrected chi connectivity index (χ4v) is 2.50. The predicted molar refractivity (Wildman–Crippen MR) is 69.5 cm³/mol. The third-order valence-corrected chi connectivity index (χ3v) is 3.77. The van der Waals surface area contributed by atoms with Crippen LogP contribution in [0.15, 0.2) is 0 Å². The van der Waals surface area contributed by atoms with Gasteiger partial charge in [-0.15, -0.1) is 0 Å². The topological polar surface area (TPSA) is 77.0 Å². The van der Waals surface area contributed by atoms with Crippen molar-refractivity contribution in [3.8, 4) is 0 Å². The SMILES string of the molecule is COCOC[C@@H]1O[C@H](CO)[C@H](C)[C@H](C)[C@H]1NC(C)=O. The van der Waals surface area contributed by atoms with E-state index in [0.717, 1.165) is 0 Å². The monoisotopic (exact) mass is 275 g/mol. The molecule has 0 bridgehead atoms. The molecule has 0 aromatic heterocycles. The number of methoxy groups -OCH3 is 1. The molecule has 1 fully saturated rings. The van der Waals surface area contributed by atoms with Gasteiger partial charge in [-0.25, -0.2) is 0 Å². The molecule has 1 aliphatic heterocycles. The molecular weight excluding hydrogens is 250 g/mol. The van der Waals surface area contributed by atoms with Crippen molar-refractivity contribution in [2.45, 2.75) is 39.0 Å². The van der Waals surface area contributed by atoms with Crippen LogP contribution >= 0.6 is 0 Å². The van der Waals surface area contributed by atoms with Crippen LogP contribution in [0, 0.1) is 11.8 Å². The minimum Gasteiger partial charge on any atom is -0.394 e. The minimum atomic E-state index is -0.276. The maximum absolute atomic E-state index is 11.3. The largest absolute Gasteiger partial charge is 0.394 e. The molecule has 1 aliphatic rings. The second-order valence-electron chi connectivity index (χ2n) is 5.12. The lowest BCUT2D eigenvalue weighted by Gasteiger charge is -2.44. The van der Waals surface area contributed by atoms with Crippen molar-refractivity contribution in [3.05, 3.63) is 0 Å². The number of amides is 1. The highest BCUT2D eigenvalue weighted by molar-refractivity contribution is 5.73. The first-order valence-corrected chi connectivity index (χ1v) is 6.61. The molecule has 0 unspecified atom stereocenters. The molecule has 0 aliphatic carbocycles. The van der Waals surface area contributed by atoms with Gasteiger partial charge in [0.15, 0.2) is 0 Å². The van der Waals surface area contributed by atoms with E-state index in [0.29, 0.717) is 6.61 Å². The minimum absolute atomic E-state index is 0.0287. The van der Waals surface area contributed by atoms with Gasteiger partial charge in [0.05, 0.1) is 25.4 Å². The van der Waals surface area contributed by atoms with Crippen LogP contribution in [-0.2, 0) is 19.0 Å². The summed E-state index contributed by atoms with van der Waals surface area (Å²) in [6.07, 6.45) is -0.501. The highest BCUT2D eigenvalue weighted by atomic mass is 16.7. The van der Waals surface area contributed by atoms with Crippen molar-refractivity contribution in [2.75, 3.05) is 27.1 Å². The third kappa shape index (κ3) is 4.42. The van der Waals surface area contributed by atoms with E-state index in [1.165, 1.54) is 6.92 Å². The molecule has 0 aromatic carbocycles. The molecular formula is C13H25NO5. The Bertz CT molecular complexity index is 286. The normalized spacial score (nSPS) is 35.1. The Hall–Kier alpha value is -0.690. The lowest BCUT2D eigenvalue weighted by Crippen LogP contribution is -2.58. The first-order valence-electron chi connectivity index (χ1n) is 6.61. The Morgan fingerprint density at radius 3 is 2.53 bits per heavy atom. The van der Waals surface area contributed by atoms with Gasteiger partial charge in [-0.1, -0.05) is 13.8 Å². The van der Waals surface area contributed by atoms with E-state index in [4.69, 9.17) is 14.2 Å². The molecule has 6 nitrogen and oxygen atoms in total. The first kappa shape index (κ1) is 16.4. The second kappa shape index (κ2) is 7.79. The highest BCUT2D eigenvalue weighted by Crippen LogP contribution is 2.30. The summed E-state index contributed by atoms with van der Waals surface area (Å²) in [5.74, 6) is 0.276. The van der Waals surface area contributed by atoms with Gasteiger partial charge < -0.3 is 24.6 Å². The summed E-state index contributed by atoms with van der Waals surface area (Å²) < 4.78 is 16.0. The van der Waals surface area contributed by atoms with Crippen molar-refractivity contribution >= 4 is 5.91 Å². The Morgan fingerprint density at radius 1 is 1.32 bits per heavy atom. The van der Waals surface area contributed by atoms with Gasteiger partial charge in [0.2, 0.25) is 5.91 Å². The third-order valence-electron chi connectivity index (χ3n) is 3.77. The zero-order valence-electron chi connectivity index (χ0n) is 12.1. The van der Waals surface area contributed by atoms with Crippen molar-refractivity contribution < 1.29 is 24.1 Å². The lowest BCUT2D eigenvalue weighted by molar-refractivity contribution is -0.170. The molecule has 1 rings (SSSR count). The fourth-order valence-electron chi connectivity index (χ4n) is 2.50. The molecule has 0 saturated carbocycles. The molecule has 1 saturated heterocycles. The molecule has 0 aromatic rings. The summed E-state index contributed by atoms with van der Waals surface area (Å²) in [5, 5.41) is 12.3. The second-order valence-corrected chi connectivity index (χ2v) is 5.12. The number of aliphatic hydroxyl groups excluding tert-OH is 1. The zero-order chi connectivity index (χ0) is 14.4. The van der Waals surface area contributed by atoms with Gasteiger partial charge in [-0.3, -0.25) is 4.79 Å². The summed E-state index contributed by atoms with van der Waals surface area (Å²) in [7, 11) is 1.55. The number of carbonyl (C=O) groups is 1. The van der Waals surface area contributed by atoms with Crippen molar-refractivity contribution in [2.24, 2.45) is 11.8 Å². The van der Waals surface area contributed by atoms with E-state index >= 15 is 0 Å². The van der Waals surface area contributed by atoms with E-state index < -0.39 is 0 Å². The van der Waals surface area contributed by atoms with Crippen LogP contribution < -0.4 is 5.32 Å². The fraction of sp³-hybridized carbons (Fsp3) is 0.923. The summed E-state index contributed by atoms with van der Waals surface area (Å²) in [5.41, 5.74) is 0. The predicted octanol–water partition coefficient (Wildman–Crippen LogP) is 0.144. The number of hydrogen-bond acceptors (Lipinski definition) is 5. The smallest absolute Gasteiger partial charge is 0.217 e. The Balaban J connectivity index is 2.71. The molecule has 1 heterocycles. The maximum atomic E-state index is 11.3. The van der Waals surface area contributed by atoms with E-state index in [2.05, 4.69) is 12.2 Å². The molecule has 19 heavy (non-hydrogen) atoms. The number of aliphatic hydroxyl groups is 1. The molecule has 5 atom stereocenters. The Morgan fingerprint density at radius 2 is 2.00 bits per heavy atom. The van der Waals surface area contributed by atoms with Gasteiger partial charge in [-0.2, -0.15) is 0 Å². The number of rotatable bonds is 6. The average molecular weight is 275 g/mol. The number of carbonyl (C=O) groups excluding carboxylic acids is 1. The van der Waals surface area contributed by atoms with Crippen LogP contribution in [0.5, 0.6) is 0 Å². The summed E-state index contributed by atoms with van der Waals surface area (Å²) in [6.45, 7) is 6.04.